The van der Waals surface area contributed by atoms with Gasteiger partial charge in [0.25, 0.3) is 5.91 Å². The molecule has 0 spiro atoms. The Labute approximate surface area is 257 Å². The Bertz CT molecular complexity index is 1590. The van der Waals surface area contributed by atoms with E-state index >= 15 is 0 Å². The van der Waals surface area contributed by atoms with Crippen molar-refractivity contribution in [2.24, 2.45) is 0 Å². The second-order valence-corrected chi connectivity index (χ2v) is 12.6. The van der Waals surface area contributed by atoms with Crippen LogP contribution in [0, 0.1) is 11.3 Å². The quantitative estimate of drug-likeness (QED) is 0.234. The number of amides is 1. The van der Waals surface area contributed by atoms with E-state index in [1.807, 2.05) is 6.07 Å². The molecule has 45 heavy (non-hydrogen) atoms. The van der Waals surface area contributed by atoms with Gasteiger partial charge in [0.2, 0.25) is 0 Å². The molecule has 8 nitrogen and oxygen atoms in total. The monoisotopic (exact) mass is 651 g/mol. The summed E-state index contributed by atoms with van der Waals surface area (Å²) in [5.41, 5.74) is 0.558. The third-order valence-electron chi connectivity index (χ3n) is 7.36. The third kappa shape index (κ3) is 8.70. The molecule has 0 unspecified atom stereocenters. The van der Waals surface area contributed by atoms with Crippen molar-refractivity contribution in [3.63, 3.8) is 0 Å². The van der Waals surface area contributed by atoms with Crippen LogP contribution in [0.25, 0.3) is 0 Å². The fourth-order valence-corrected chi connectivity index (χ4v) is 5.88. The standard InChI is InChI=1S/C31H30F5N3O5S/c1-2-45(41,42)27-13-5-20(6-14-27)28(15-16-37)38-29(40)21-3-9-23(10-4-21)39-18-26(17-24(39)19-43-30(32)33)44-25-11-7-22(8-12-25)31(34,35)36/h3-14,24,26,28,30H,2,15,17-19H2,1H3,(H,38,40)/t24-,26-,28-/m0/s1. The van der Waals surface area contributed by atoms with E-state index in [1.165, 1.54) is 43.3 Å². The lowest BCUT2D eigenvalue weighted by Crippen LogP contribution is -2.34. The lowest BCUT2D eigenvalue weighted by atomic mass is 10.0. The van der Waals surface area contributed by atoms with Gasteiger partial charge in [0.05, 0.1) is 53.9 Å². The van der Waals surface area contributed by atoms with Gasteiger partial charge in [-0.15, -0.1) is 0 Å². The van der Waals surface area contributed by atoms with Crippen LogP contribution in [-0.2, 0) is 20.8 Å². The van der Waals surface area contributed by atoms with Gasteiger partial charge in [0, 0.05) is 17.7 Å². The second-order valence-electron chi connectivity index (χ2n) is 10.3. The van der Waals surface area contributed by atoms with Crippen molar-refractivity contribution >= 4 is 21.4 Å². The minimum atomic E-state index is -4.49. The molecule has 1 aliphatic heterocycles. The maximum atomic E-state index is 13.1. The molecule has 0 bridgehead atoms. The van der Waals surface area contributed by atoms with Crippen molar-refractivity contribution in [1.82, 2.24) is 5.32 Å². The van der Waals surface area contributed by atoms with Crippen LogP contribution in [0.5, 0.6) is 5.75 Å². The first-order chi connectivity index (χ1) is 21.3. The fourth-order valence-electron chi connectivity index (χ4n) is 5.00. The van der Waals surface area contributed by atoms with Gasteiger partial charge in [0.1, 0.15) is 11.9 Å². The zero-order valence-corrected chi connectivity index (χ0v) is 24.8. The number of rotatable bonds is 12. The number of carbonyl (C=O) groups is 1. The van der Waals surface area contributed by atoms with E-state index in [9.17, 15) is 40.4 Å². The molecule has 3 aromatic rings. The zero-order chi connectivity index (χ0) is 32.8. The number of nitriles is 1. The predicted octanol–water partition coefficient (Wildman–Crippen LogP) is 6.15. The van der Waals surface area contributed by atoms with Crippen LogP contribution in [0.4, 0.5) is 27.6 Å². The number of carbonyl (C=O) groups excluding carboxylic acids is 1. The van der Waals surface area contributed by atoms with Crippen LogP contribution < -0.4 is 15.0 Å². The summed E-state index contributed by atoms with van der Waals surface area (Å²) in [5, 5.41) is 12.1. The molecule has 0 saturated carbocycles. The minimum Gasteiger partial charge on any atom is -0.489 e. The summed E-state index contributed by atoms with van der Waals surface area (Å²) in [6, 6.07) is 17.2. The predicted molar refractivity (Wildman–Crippen MR) is 155 cm³/mol. The summed E-state index contributed by atoms with van der Waals surface area (Å²) in [4.78, 5) is 15.0. The second kappa shape index (κ2) is 14.3. The average molecular weight is 652 g/mol. The molecule has 0 aromatic heterocycles. The largest absolute Gasteiger partial charge is 0.489 e. The highest BCUT2D eigenvalue weighted by atomic mass is 32.2. The Hall–Kier alpha value is -4.22. The molecule has 1 fully saturated rings. The minimum absolute atomic E-state index is 0.0645. The third-order valence-corrected chi connectivity index (χ3v) is 9.11. The van der Waals surface area contributed by atoms with Crippen LogP contribution in [0.2, 0.25) is 0 Å². The van der Waals surface area contributed by atoms with E-state index in [1.54, 1.807) is 29.2 Å². The molecule has 1 N–H and O–H groups in total. The summed E-state index contributed by atoms with van der Waals surface area (Å²) < 4.78 is 99.0. The van der Waals surface area contributed by atoms with Crippen LogP contribution in [0.1, 0.15) is 47.3 Å². The number of benzene rings is 3. The first-order valence-corrected chi connectivity index (χ1v) is 15.6. The molecule has 0 radical (unpaired) electrons. The number of nitrogens with zero attached hydrogens (tertiary/aromatic N) is 2. The van der Waals surface area contributed by atoms with Gasteiger partial charge < -0.3 is 19.7 Å². The molecule has 1 heterocycles. The highest BCUT2D eigenvalue weighted by Crippen LogP contribution is 2.33. The summed E-state index contributed by atoms with van der Waals surface area (Å²) in [6.07, 6.45) is -4.85. The van der Waals surface area contributed by atoms with Crippen molar-refractivity contribution in [3.8, 4) is 11.8 Å². The molecule has 1 amide bonds. The van der Waals surface area contributed by atoms with Crippen molar-refractivity contribution in [2.45, 2.75) is 55.6 Å². The molecular weight excluding hydrogens is 621 g/mol. The molecule has 4 rings (SSSR count). The Morgan fingerprint density at radius 2 is 1.69 bits per heavy atom. The number of nitrogens with one attached hydrogen (secondary N) is 1. The molecule has 0 aliphatic carbocycles. The first-order valence-electron chi connectivity index (χ1n) is 13.9. The molecule has 240 valence electrons. The van der Waals surface area contributed by atoms with Crippen molar-refractivity contribution in [3.05, 3.63) is 89.5 Å². The van der Waals surface area contributed by atoms with Crippen molar-refractivity contribution in [1.29, 1.82) is 5.26 Å². The van der Waals surface area contributed by atoms with E-state index in [4.69, 9.17) is 4.74 Å². The lowest BCUT2D eigenvalue weighted by molar-refractivity contribution is -0.137. The highest BCUT2D eigenvalue weighted by Gasteiger charge is 2.35. The number of ether oxygens (including phenoxy) is 2. The van der Waals surface area contributed by atoms with E-state index in [0.29, 0.717) is 11.3 Å². The van der Waals surface area contributed by atoms with Crippen molar-refractivity contribution < 1.29 is 44.6 Å². The fraction of sp³-hybridized carbons (Fsp3) is 0.355. The van der Waals surface area contributed by atoms with Crippen LogP contribution in [0.15, 0.2) is 77.7 Å². The SMILES string of the molecule is CCS(=O)(=O)c1ccc([C@H](CC#N)NC(=O)c2ccc(N3C[C@@H](Oc4ccc(C(F)(F)F)cc4)C[C@H]3COC(F)F)cc2)cc1. The maximum absolute atomic E-state index is 13.1. The number of hydrogen-bond donors (Lipinski definition) is 1. The van der Waals surface area contributed by atoms with Gasteiger partial charge in [0.15, 0.2) is 9.84 Å². The maximum Gasteiger partial charge on any atom is 0.416 e. The smallest absolute Gasteiger partial charge is 0.416 e. The highest BCUT2D eigenvalue weighted by molar-refractivity contribution is 7.91. The van der Waals surface area contributed by atoms with Crippen molar-refractivity contribution in [2.75, 3.05) is 23.8 Å². The number of sulfone groups is 1. The summed E-state index contributed by atoms with van der Waals surface area (Å²) in [6.45, 7) is -1.58. The van der Waals surface area contributed by atoms with Crippen LogP contribution in [0.3, 0.4) is 0 Å². The first kappa shape index (κ1) is 33.7. The van der Waals surface area contributed by atoms with E-state index < -0.39 is 52.3 Å². The molecule has 3 aromatic carbocycles. The van der Waals surface area contributed by atoms with Gasteiger partial charge in [-0.3, -0.25) is 4.79 Å². The molecule has 3 atom stereocenters. The Balaban J connectivity index is 1.46. The Kier molecular flexibility index (Phi) is 10.7. The molecule has 14 heteroatoms. The van der Waals surface area contributed by atoms with Crippen LogP contribution in [-0.4, -0.2) is 52.0 Å². The number of anilines is 1. The summed E-state index contributed by atoms with van der Waals surface area (Å²) in [5.74, 6) is -0.358. The zero-order valence-electron chi connectivity index (χ0n) is 24.0. The Morgan fingerprint density at radius 1 is 1.04 bits per heavy atom. The van der Waals surface area contributed by atoms with Gasteiger partial charge in [-0.1, -0.05) is 19.1 Å². The average Bonchev–Trinajstić information content (AvgIpc) is 3.42. The summed E-state index contributed by atoms with van der Waals surface area (Å²) in [7, 11) is -3.41. The number of hydrogen-bond acceptors (Lipinski definition) is 7. The lowest BCUT2D eigenvalue weighted by Gasteiger charge is -2.26. The van der Waals surface area contributed by atoms with E-state index in [-0.39, 0.29) is 48.0 Å². The van der Waals surface area contributed by atoms with Gasteiger partial charge in [-0.25, -0.2) is 8.42 Å². The van der Waals surface area contributed by atoms with E-state index in [0.717, 1.165) is 12.1 Å². The van der Waals surface area contributed by atoms with Gasteiger partial charge >= 0.3 is 12.8 Å². The normalized spacial score (nSPS) is 17.6. The van der Waals surface area contributed by atoms with Gasteiger partial charge in [-0.2, -0.15) is 27.2 Å². The summed E-state index contributed by atoms with van der Waals surface area (Å²) >= 11 is 0. The molecule has 1 aliphatic rings. The Morgan fingerprint density at radius 3 is 2.24 bits per heavy atom. The molecule has 1 saturated heterocycles. The van der Waals surface area contributed by atoms with Gasteiger partial charge in [-0.05, 0) is 66.2 Å². The number of alkyl halides is 5. The van der Waals surface area contributed by atoms with E-state index in [2.05, 4.69) is 10.1 Å². The van der Waals surface area contributed by atoms with Crippen LogP contribution >= 0.6 is 0 Å². The topological polar surface area (TPSA) is 109 Å². The molecular formula is C31H30F5N3O5S. The number of halogens is 5.